The number of carbonyl (C=O) groups is 1. The SMILES string of the molecule is O=C(NCCc1ccccn1)c1cn(Cc2ccccc2)nc1-c1cccs1. The van der Waals surface area contributed by atoms with Crippen molar-refractivity contribution < 1.29 is 4.79 Å². The average Bonchev–Trinajstić information content (AvgIpc) is 3.39. The molecule has 1 N–H and O–H groups in total. The van der Waals surface area contributed by atoms with Gasteiger partial charge in [0.15, 0.2) is 0 Å². The van der Waals surface area contributed by atoms with Crippen LogP contribution in [0.15, 0.2) is 78.4 Å². The molecule has 28 heavy (non-hydrogen) atoms. The summed E-state index contributed by atoms with van der Waals surface area (Å²) in [5, 5.41) is 9.68. The van der Waals surface area contributed by atoms with Gasteiger partial charge < -0.3 is 5.32 Å². The van der Waals surface area contributed by atoms with E-state index in [1.54, 1.807) is 17.5 Å². The summed E-state index contributed by atoms with van der Waals surface area (Å²) in [6, 6.07) is 19.9. The zero-order valence-electron chi connectivity index (χ0n) is 15.3. The van der Waals surface area contributed by atoms with E-state index in [1.165, 1.54) is 0 Å². The molecule has 4 rings (SSSR count). The molecule has 140 valence electrons. The molecule has 3 heterocycles. The van der Waals surface area contributed by atoms with Gasteiger partial charge in [0.1, 0.15) is 5.69 Å². The third kappa shape index (κ3) is 4.35. The molecule has 0 unspecified atom stereocenters. The van der Waals surface area contributed by atoms with Crippen LogP contribution < -0.4 is 5.32 Å². The van der Waals surface area contributed by atoms with Gasteiger partial charge in [-0.2, -0.15) is 5.10 Å². The zero-order valence-corrected chi connectivity index (χ0v) is 16.1. The fourth-order valence-corrected chi connectivity index (χ4v) is 3.70. The molecule has 0 atom stereocenters. The molecule has 0 saturated carbocycles. The third-order valence-electron chi connectivity index (χ3n) is 4.34. The fraction of sp³-hybridized carbons (Fsp3) is 0.136. The molecule has 0 aliphatic carbocycles. The van der Waals surface area contributed by atoms with Crippen molar-refractivity contribution in [1.29, 1.82) is 0 Å². The van der Waals surface area contributed by atoms with E-state index in [4.69, 9.17) is 0 Å². The second-order valence-electron chi connectivity index (χ2n) is 6.38. The summed E-state index contributed by atoms with van der Waals surface area (Å²) < 4.78 is 1.83. The van der Waals surface area contributed by atoms with Crippen molar-refractivity contribution in [3.8, 4) is 10.6 Å². The van der Waals surface area contributed by atoms with Crippen LogP contribution in [-0.2, 0) is 13.0 Å². The standard InChI is InChI=1S/C22H20N4OS/c27-22(24-13-11-18-9-4-5-12-23-18)19-16-26(15-17-7-2-1-3-8-17)25-21(19)20-10-6-14-28-20/h1-10,12,14,16H,11,13,15H2,(H,24,27). The van der Waals surface area contributed by atoms with Gasteiger partial charge in [0.2, 0.25) is 0 Å². The van der Waals surface area contributed by atoms with E-state index in [9.17, 15) is 4.79 Å². The zero-order chi connectivity index (χ0) is 19.2. The first kappa shape index (κ1) is 18.1. The van der Waals surface area contributed by atoms with Crippen LogP contribution in [0.3, 0.4) is 0 Å². The van der Waals surface area contributed by atoms with E-state index >= 15 is 0 Å². The van der Waals surface area contributed by atoms with Gasteiger partial charge in [-0.3, -0.25) is 14.5 Å². The van der Waals surface area contributed by atoms with E-state index in [1.807, 2.05) is 64.8 Å². The number of aromatic nitrogens is 3. The van der Waals surface area contributed by atoms with E-state index in [-0.39, 0.29) is 5.91 Å². The summed E-state index contributed by atoms with van der Waals surface area (Å²) in [7, 11) is 0. The van der Waals surface area contributed by atoms with Gasteiger partial charge in [-0.1, -0.05) is 42.5 Å². The van der Waals surface area contributed by atoms with Crippen LogP contribution in [0.4, 0.5) is 0 Å². The minimum absolute atomic E-state index is 0.112. The number of nitrogens with one attached hydrogen (secondary N) is 1. The maximum absolute atomic E-state index is 12.8. The Bertz CT molecular complexity index is 1030. The number of hydrogen-bond acceptors (Lipinski definition) is 4. The minimum Gasteiger partial charge on any atom is -0.352 e. The van der Waals surface area contributed by atoms with Gasteiger partial charge in [0, 0.05) is 31.1 Å². The Morgan fingerprint density at radius 2 is 1.89 bits per heavy atom. The van der Waals surface area contributed by atoms with Gasteiger partial charge in [-0.05, 0) is 29.1 Å². The molecular weight excluding hydrogens is 368 g/mol. The summed E-state index contributed by atoms with van der Waals surface area (Å²) in [4.78, 5) is 18.1. The van der Waals surface area contributed by atoms with Crippen LogP contribution in [0, 0.1) is 0 Å². The molecule has 4 aromatic rings. The highest BCUT2D eigenvalue weighted by atomic mass is 32.1. The lowest BCUT2D eigenvalue weighted by atomic mass is 10.2. The molecule has 0 radical (unpaired) electrons. The molecule has 0 saturated heterocycles. The van der Waals surface area contributed by atoms with Crippen LogP contribution in [0.25, 0.3) is 10.6 Å². The van der Waals surface area contributed by atoms with Crippen molar-refractivity contribution in [2.75, 3.05) is 6.54 Å². The van der Waals surface area contributed by atoms with Crippen LogP contribution in [0.1, 0.15) is 21.6 Å². The highest BCUT2D eigenvalue weighted by Crippen LogP contribution is 2.27. The monoisotopic (exact) mass is 388 g/mol. The molecule has 1 amide bonds. The molecule has 6 heteroatoms. The number of pyridine rings is 1. The minimum atomic E-state index is -0.112. The van der Waals surface area contributed by atoms with Gasteiger partial charge in [0.25, 0.3) is 5.91 Å². The highest BCUT2D eigenvalue weighted by molar-refractivity contribution is 7.13. The Morgan fingerprint density at radius 1 is 1.04 bits per heavy atom. The normalized spacial score (nSPS) is 10.7. The first-order valence-electron chi connectivity index (χ1n) is 9.13. The molecule has 0 fully saturated rings. The lowest BCUT2D eigenvalue weighted by Gasteiger charge is -2.04. The Kier molecular flexibility index (Phi) is 5.58. The maximum atomic E-state index is 12.8. The molecule has 1 aromatic carbocycles. The number of thiophene rings is 1. The summed E-state index contributed by atoms with van der Waals surface area (Å²) in [5.41, 5.74) is 3.42. The first-order chi connectivity index (χ1) is 13.8. The number of hydrogen-bond donors (Lipinski definition) is 1. The molecule has 0 aliphatic rings. The first-order valence-corrected chi connectivity index (χ1v) is 10.0. The van der Waals surface area contributed by atoms with Gasteiger partial charge in [-0.25, -0.2) is 0 Å². The fourth-order valence-electron chi connectivity index (χ4n) is 2.98. The Balaban J connectivity index is 1.51. The molecule has 3 aromatic heterocycles. The van der Waals surface area contributed by atoms with Gasteiger partial charge >= 0.3 is 0 Å². The van der Waals surface area contributed by atoms with Crippen LogP contribution in [0.5, 0.6) is 0 Å². The molecule has 0 bridgehead atoms. The second-order valence-corrected chi connectivity index (χ2v) is 7.33. The Hall–Kier alpha value is -3.25. The summed E-state index contributed by atoms with van der Waals surface area (Å²) in [5.74, 6) is -0.112. The average molecular weight is 388 g/mol. The van der Waals surface area contributed by atoms with Crippen molar-refractivity contribution in [3.05, 3.63) is 95.3 Å². The highest BCUT2D eigenvalue weighted by Gasteiger charge is 2.18. The smallest absolute Gasteiger partial charge is 0.255 e. The van der Waals surface area contributed by atoms with Crippen molar-refractivity contribution in [2.24, 2.45) is 0 Å². The van der Waals surface area contributed by atoms with Crippen molar-refractivity contribution >= 4 is 17.2 Å². The van der Waals surface area contributed by atoms with E-state index < -0.39 is 0 Å². The Morgan fingerprint density at radius 3 is 2.64 bits per heavy atom. The number of rotatable bonds is 7. The van der Waals surface area contributed by atoms with E-state index in [0.29, 0.717) is 25.1 Å². The number of amides is 1. The number of nitrogens with zero attached hydrogens (tertiary/aromatic N) is 3. The summed E-state index contributed by atoms with van der Waals surface area (Å²) in [6.45, 7) is 1.16. The van der Waals surface area contributed by atoms with Gasteiger partial charge in [0.05, 0.1) is 17.0 Å². The second kappa shape index (κ2) is 8.63. The molecule has 5 nitrogen and oxygen atoms in total. The lowest BCUT2D eigenvalue weighted by Crippen LogP contribution is -2.26. The lowest BCUT2D eigenvalue weighted by molar-refractivity contribution is 0.0954. The molecule has 0 aliphatic heterocycles. The maximum Gasteiger partial charge on any atom is 0.255 e. The predicted octanol–water partition coefficient (Wildman–Crippen LogP) is 4.03. The predicted molar refractivity (Wildman–Crippen MR) is 111 cm³/mol. The van der Waals surface area contributed by atoms with Crippen molar-refractivity contribution in [1.82, 2.24) is 20.1 Å². The summed E-state index contributed by atoms with van der Waals surface area (Å²) >= 11 is 1.58. The van der Waals surface area contributed by atoms with Gasteiger partial charge in [-0.15, -0.1) is 11.3 Å². The largest absolute Gasteiger partial charge is 0.352 e. The summed E-state index contributed by atoms with van der Waals surface area (Å²) in [6.07, 6.45) is 4.29. The Labute approximate surface area is 167 Å². The number of benzene rings is 1. The van der Waals surface area contributed by atoms with E-state index in [0.717, 1.165) is 21.8 Å². The van der Waals surface area contributed by atoms with Crippen LogP contribution >= 0.6 is 11.3 Å². The molecular formula is C22H20N4OS. The van der Waals surface area contributed by atoms with Crippen molar-refractivity contribution in [2.45, 2.75) is 13.0 Å². The molecule has 0 spiro atoms. The van der Waals surface area contributed by atoms with Crippen molar-refractivity contribution in [3.63, 3.8) is 0 Å². The quantitative estimate of drug-likeness (QED) is 0.520. The topological polar surface area (TPSA) is 59.8 Å². The van der Waals surface area contributed by atoms with Crippen LogP contribution in [-0.4, -0.2) is 27.2 Å². The van der Waals surface area contributed by atoms with E-state index in [2.05, 4.69) is 27.5 Å². The van der Waals surface area contributed by atoms with Crippen LogP contribution in [0.2, 0.25) is 0 Å². The number of carbonyl (C=O) groups excluding carboxylic acids is 1. The third-order valence-corrected chi connectivity index (χ3v) is 5.22.